The number of hydrogen-bond donors (Lipinski definition) is 1. The van der Waals surface area contributed by atoms with Crippen molar-refractivity contribution in [3.8, 4) is 11.6 Å². The van der Waals surface area contributed by atoms with Crippen LogP contribution < -0.4 is 4.29 Å². The number of pyridine rings is 1. The molecule has 1 N–H and O–H groups in total. The largest absolute Gasteiger partial charge is 0.491 e. The first-order valence-corrected chi connectivity index (χ1v) is 3.47. The van der Waals surface area contributed by atoms with E-state index >= 15 is 0 Å². The van der Waals surface area contributed by atoms with E-state index in [1.807, 2.05) is 0 Å². The van der Waals surface area contributed by atoms with Crippen LogP contribution in [0.5, 0.6) is 11.6 Å². The fraction of sp³-hybridized carbons (Fsp3) is 0. The SMILES string of the molecule is Oc1ncc(Br)cc1OCl. The molecule has 0 saturated carbocycles. The molecule has 1 rings (SSSR count). The molecule has 0 fully saturated rings. The molecule has 3 nitrogen and oxygen atoms in total. The predicted molar refractivity (Wildman–Crippen MR) is 40.1 cm³/mol. The van der Waals surface area contributed by atoms with Gasteiger partial charge in [0.15, 0.2) is 0 Å². The van der Waals surface area contributed by atoms with Gasteiger partial charge in [-0.05, 0) is 15.9 Å². The highest BCUT2D eigenvalue weighted by atomic mass is 79.9. The Morgan fingerprint density at radius 3 is 2.90 bits per heavy atom. The molecule has 0 aliphatic carbocycles. The first kappa shape index (κ1) is 7.63. The molecular formula is C5H3BrClNO2. The van der Waals surface area contributed by atoms with Crippen LogP contribution >= 0.6 is 27.8 Å². The molecule has 0 aliphatic heterocycles. The van der Waals surface area contributed by atoms with Crippen LogP contribution in [0.15, 0.2) is 16.7 Å². The van der Waals surface area contributed by atoms with Crippen LogP contribution in [-0.2, 0) is 0 Å². The van der Waals surface area contributed by atoms with E-state index in [2.05, 4.69) is 25.2 Å². The number of hydrogen-bond acceptors (Lipinski definition) is 3. The highest BCUT2D eigenvalue weighted by Gasteiger charge is 2.02. The zero-order valence-corrected chi connectivity index (χ0v) is 7.06. The van der Waals surface area contributed by atoms with Crippen molar-refractivity contribution in [3.63, 3.8) is 0 Å². The first-order chi connectivity index (χ1) is 4.74. The third-order valence-electron chi connectivity index (χ3n) is 0.883. The summed E-state index contributed by atoms with van der Waals surface area (Å²) >= 11 is 8.11. The summed E-state index contributed by atoms with van der Waals surface area (Å²) in [6.07, 6.45) is 1.44. The highest BCUT2D eigenvalue weighted by Crippen LogP contribution is 2.26. The molecule has 0 bridgehead atoms. The smallest absolute Gasteiger partial charge is 0.256 e. The van der Waals surface area contributed by atoms with E-state index in [1.54, 1.807) is 0 Å². The summed E-state index contributed by atoms with van der Waals surface area (Å²) < 4.78 is 4.95. The van der Waals surface area contributed by atoms with Crippen molar-refractivity contribution in [2.45, 2.75) is 0 Å². The van der Waals surface area contributed by atoms with Gasteiger partial charge in [0.2, 0.25) is 5.75 Å². The summed E-state index contributed by atoms with van der Waals surface area (Å²) in [6, 6.07) is 1.51. The van der Waals surface area contributed by atoms with E-state index in [-0.39, 0.29) is 11.6 Å². The Morgan fingerprint density at radius 1 is 1.70 bits per heavy atom. The van der Waals surface area contributed by atoms with Crippen LogP contribution in [0.25, 0.3) is 0 Å². The minimum absolute atomic E-state index is 0.135. The third kappa shape index (κ3) is 1.52. The van der Waals surface area contributed by atoms with E-state index in [4.69, 9.17) is 17.0 Å². The number of aromatic hydroxyl groups is 1. The number of halogens is 2. The lowest BCUT2D eigenvalue weighted by atomic mass is 10.4. The van der Waals surface area contributed by atoms with Crippen molar-refractivity contribution in [2.24, 2.45) is 0 Å². The van der Waals surface area contributed by atoms with Crippen molar-refractivity contribution in [1.29, 1.82) is 0 Å². The number of aromatic nitrogens is 1. The molecule has 0 spiro atoms. The molecule has 1 heterocycles. The zero-order chi connectivity index (χ0) is 7.56. The van der Waals surface area contributed by atoms with Gasteiger partial charge in [-0.1, -0.05) is 0 Å². The molecule has 0 saturated heterocycles. The summed E-state index contributed by atoms with van der Waals surface area (Å²) in [5.74, 6) is -0.0887. The maximum atomic E-state index is 8.89. The molecule has 0 unspecified atom stereocenters. The number of rotatable bonds is 1. The van der Waals surface area contributed by atoms with Crippen molar-refractivity contribution in [1.82, 2.24) is 4.98 Å². The number of nitrogens with zero attached hydrogens (tertiary/aromatic N) is 1. The second kappa shape index (κ2) is 3.07. The Balaban J connectivity index is 3.09. The minimum Gasteiger partial charge on any atom is -0.491 e. The Kier molecular flexibility index (Phi) is 2.34. The quantitative estimate of drug-likeness (QED) is 0.794. The van der Waals surface area contributed by atoms with Crippen LogP contribution in [0.1, 0.15) is 0 Å². The fourth-order valence-corrected chi connectivity index (χ4v) is 0.894. The molecule has 5 heteroatoms. The molecule has 0 atom stereocenters. The van der Waals surface area contributed by atoms with E-state index in [0.29, 0.717) is 4.47 Å². The Morgan fingerprint density at radius 2 is 2.40 bits per heavy atom. The summed E-state index contributed by atoms with van der Waals surface area (Å²) in [7, 11) is 0. The van der Waals surface area contributed by atoms with E-state index in [0.717, 1.165) is 0 Å². The van der Waals surface area contributed by atoms with Gasteiger partial charge in [-0.15, -0.1) is 0 Å². The third-order valence-corrected chi connectivity index (χ3v) is 1.48. The van der Waals surface area contributed by atoms with Gasteiger partial charge >= 0.3 is 0 Å². The Bertz CT molecular complexity index is 243. The van der Waals surface area contributed by atoms with Gasteiger partial charge in [-0.3, -0.25) is 0 Å². The van der Waals surface area contributed by atoms with E-state index < -0.39 is 0 Å². The van der Waals surface area contributed by atoms with Gasteiger partial charge in [0, 0.05) is 16.7 Å². The van der Waals surface area contributed by atoms with Gasteiger partial charge in [0.1, 0.15) is 11.9 Å². The molecular weight excluding hydrogens is 221 g/mol. The molecule has 0 amide bonds. The standard InChI is InChI=1S/C5H3BrClNO2/c6-3-1-4(10-7)5(9)8-2-3/h1-2H,(H,8,9). The van der Waals surface area contributed by atoms with Crippen molar-refractivity contribution < 1.29 is 9.40 Å². The maximum absolute atomic E-state index is 8.89. The summed E-state index contributed by atoms with van der Waals surface area (Å²) in [5, 5.41) is 8.89. The van der Waals surface area contributed by atoms with Gasteiger partial charge in [0.25, 0.3) is 5.88 Å². The summed E-state index contributed by atoms with van der Waals surface area (Å²) in [5.41, 5.74) is 0. The average molecular weight is 224 g/mol. The van der Waals surface area contributed by atoms with Crippen LogP contribution in [0.3, 0.4) is 0 Å². The van der Waals surface area contributed by atoms with Crippen molar-refractivity contribution >= 4 is 27.8 Å². The van der Waals surface area contributed by atoms with E-state index in [9.17, 15) is 0 Å². The Labute approximate surface area is 70.9 Å². The molecule has 0 radical (unpaired) electrons. The molecule has 1 aromatic rings. The lowest BCUT2D eigenvalue weighted by Crippen LogP contribution is -1.79. The highest BCUT2D eigenvalue weighted by molar-refractivity contribution is 9.10. The van der Waals surface area contributed by atoms with Gasteiger partial charge in [0.05, 0.1) is 0 Å². The monoisotopic (exact) mass is 223 g/mol. The van der Waals surface area contributed by atoms with Gasteiger partial charge in [-0.2, -0.15) is 0 Å². The summed E-state index contributed by atoms with van der Waals surface area (Å²) in [4.78, 5) is 3.55. The zero-order valence-electron chi connectivity index (χ0n) is 4.71. The lowest BCUT2D eigenvalue weighted by molar-refractivity contribution is 0.426. The Hall–Kier alpha value is -0.480. The van der Waals surface area contributed by atoms with Crippen LogP contribution in [-0.4, -0.2) is 10.1 Å². The molecule has 54 valence electrons. The predicted octanol–water partition coefficient (Wildman–Crippen LogP) is 2.08. The van der Waals surface area contributed by atoms with E-state index in [1.165, 1.54) is 12.3 Å². The average Bonchev–Trinajstić information content (AvgIpc) is 1.94. The topological polar surface area (TPSA) is 42.4 Å². The van der Waals surface area contributed by atoms with Crippen LogP contribution in [0.2, 0.25) is 0 Å². The second-order valence-corrected chi connectivity index (χ2v) is 2.62. The molecule has 10 heavy (non-hydrogen) atoms. The molecule has 1 aromatic heterocycles. The van der Waals surface area contributed by atoms with Crippen molar-refractivity contribution in [2.75, 3.05) is 0 Å². The normalized spacial score (nSPS) is 9.40. The second-order valence-electron chi connectivity index (χ2n) is 1.55. The van der Waals surface area contributed by atoms with Gasteiger partial charge < -0.3 is 9.40 Å². The maximum Gasteiger partial charge on any atom is 0.256 e. The molecule has 0 aliphatic rings. The van der Waals surface area contributed by atoms with Crippen LogP contribution in [0, 0.1) is 0 Å². The first-order valence-electron chi connectivity index (χ1n) is 2.37. The van der Waals surface area contributed by atoms with Gasteiger partial charge in [-0.25, -0.2) is 4.98 Å². The fourth-order valence-electron chi connectivity index (χ4n) is 0.470. The minimum atomic E-state index is -0.224. The lowest BCUT2D eigenvalue weighted by Gasteiger charge is -1.97. The van der Waals surface area contributed by atoms with Crippen LogP contribution in [0.4, 0.5) is 0 Å². The molecule has 0 aromatic carbocycles. The van der Waals surface area contributed by atoms with Crippen molar-refractivity contribution in [3.05, 3.63) is 16.7 Å². The summed E-state index contributed by atoms with van der Waals surface area (Å²) in [6.45, 7) is 0.